The molecular formula is C15H20O5. The fraction of sp³-hybridized carbons (Fsp3) is 0.467. The van der Waals surface area contributed by atoms with E-state index < -0.39 is 5.97 Å². The number of rotatable bonds is 8. The van der Waals surface area contributed by atoms with Crippen LogP contribution in [0.1, 0.15) is 41.0 Å². The van der Waals surface area contributed by atoms with Gasteiger partial charge in [-0.05, 0) is 37.6 Å². The van der Waals surface area contributed by atoms with E-state index in [9.17, 15) is 9.59 Å². The first kappa shape index (κ1) is 16.2. The summed E-state index contributed by atoms with van der Waals surface area (Å²) in [6.45, 7) is 5.37. The van der Waals surface area contributed by atoms with E-state index in [2.05, 4.69) is 0 Å². The molecule has 110 valence electrons. The molecule has 20 heavy (non-hydrogen) atoms. The van der Waals surface area contributed by atoms with E-state index in [0.29, 0.717) is 30.9 Å². The Bertz CT molecular complexity index is 424. The number of benzene rings is 1. The van der Waals surface area contributed by atoms with E-state index in [4.69, 9.17) is 14.2 Å². The minimum atomic E-state index is -0.432. The summed E-state index contributed by atoms with van der Waals surface area (Å²) in [7, 11) is 0. The summed E-state index contributed by atoms with van der Waals surface area (Å²) in [4.78, 5) is 23.2. The molecule has 0 unspecified atom stereocenters. The molecule has 1 aromatic rings. The zero-order chi connectivity index (χ0) is 14.8. The largest absolute Gasteiger partial charge is 0.462 e. The summed E-state index contributed by atoms with van der Waals surface area (Å²) >= 11 is 0. The minimum absolute atomic E-state index is 0.215. The van der Waals surface area contributed by atoms with Crippen LogP contribution in [0.2, 0.25) is 0 Å². The van der Waals surface area contributed by atoms with Crippen LogP contribution in [0.5, 0.6) is 0 Å². The van der Waals surface area contributed by atoms with Crippen molar-refractivity contribution in [2.45, 2.75) is 20.3 Å². The van der Waals surface area contributed by atoms with E-state index in [1.165, 1.54) is 0 Å². The molecule has 0 aliphatic carbocycles. The molecule has 0 atom stereocenters. The maximum absolute atomic E-state index is 11.7. The Labute approximate surface area is 118 Å². The molecule has 5 heteroatoms. The van der Waals surface area contributed by atoms with Crippen molar-refractivity contribution in [3.05, 3.63) is 35.4 Å². The monoisotopic (exact) mass is 280 g/mol. The van der Waals surface area contributed by atoms with Gasteiger partial charge in [0.2, 0.25) is 0 Å². The van der Waals surface area contributed by atoms with Crippen LogP contribution in [0, 0.1) is 0 Å². The summed E-state index contributed by atoms with van der Waals surface area (Å²) in [6.07, 6.45) is 0.774. The Morgan fingerprint density at radius 2 is 1.35 bits per heavy atom. The Morgan fingerprint density at radius 3 is 1.80 bits per heavy atom. The number of carbonyl (C=O) groups excluding carboxylic acids is 2. The molecular weight excluding hydrogens is 260 g/mol. The van der Waals surface area contributed by atoms with Crippen LogP contribution in [0.15, 0.2) is 24.3 Å². The second-order valence-corrected chi connectivity index (χ2v) is 4.05. The van der Waals surface area contributed by atoms with Crippen molar-refractivity contribution in [1.29, 1.82) is 0 Å². The fourth-order valence-corrected chi connectivity index (χ4v) is 1.44. The van der Waals surface area contributed by atoms with Gasteiger partial charge >= 0.3 is 11.9 Å². The maximum atomic E-state index is 11.7. The normalized spacial score (nSPS) is 10.1. The smallest absolute Gasteiger partial charge is 0.338 e. The highest BCUT2D eigenvalue weighted by Gasteiger charge is 2.10. The Kier molecular flexibility index (Phi) is 7.35. The van der Waals surface area contributed by atoms with Gasteiger partial charge in [-0.3, -0.25) is 0 Å². The second-order valence-electron chi connectivity index (χ2n) is 4.05. The third-order valence-corrected chi connectivity index (χ3v) is 2.46. The average molecular weight is 280 g/mol. The summed E-state index contributed by atoms with van der Waals surface area (Å²) in [6, 6.07) is 6.20. The van der Waals surface area contributed by atoms with Crippen molar-refractivity contribution in [3.63, 3.8) is 0 Å². The van der Waals surface area contributed by atoms with Crippen LogP contribution < -0.4 is 0 Å². The van der Waals surface area contributed by atoms with Crippen LogP contribution in [0.4, 0.5) is 0 Å². The Morgan fingerprint density at radius 1 is 0.850 bits per heavy atom. The topological polar surface area (TPSA) is 61.8 Å². The first-order valence-corrected chi connectivity index (χ1v) is 6.71. The molecule has 0 spiro atoms. The second kappa shape index (κ2) is 9.09. The van der Waals surface area contributed by atoms with Crippen LogP contribution in [0.3, 0.4) is 0 Å². The van der Waals surface area contributed by atoms with Crippen LogP contribution in [-0.4, -0.2) is 38.4 Å². The predicted molar refractivity (Wildman–Crippen MR) is 73.8 cm³/mol. The SMILES string of the molecule is CCCOC(=O)c1ccc(C(=O)OCCOCC)cc1. The summed E-state index contributed by atoms with van der Waals surface area (Å²) in [5.74, 6) is -0.818. The molecule has 0 aliphatic rings. The number of esters is 2. The first-order valence-electron chi connectivity index (χ1n) is 6.71. The van der Waals surface area contributed by atoms with Gasteiger partial charge in [-0.1, -0.05) is 6.92 Å². The highest BCUT2D eigenvalue weighted by molar-refractivity contribution is 5.93. The van der Waals surface area contributed by atoms with Gasteiger partial charge in [0, 0.05) is 6.61 Å². The van der Waals surface area contributed by atoms with Crippen molar-refractivity contribution in [3.8, 4) is 0 Å². The lowest BCUT2D eigenvalue weighted by Gasteiger charge is -2.06. The van der Waals surface area contributed by atoms with Gasteiger partial charge in [0.25, 0.3) is 0 Å². The van der Waals surface area contributed by atoms with Gasteiger partial charge in [0.1, 0.15) is 6.61 Å². The van der Waals surface area contributed by atoms with Gasteiger partial charge in [0.15, 0.2) is 0 Å². The van der Waals surface area contributed by atoms with E-state index in [0.717, 1.165) is 6.42 Å². The molecule has 0 saturated carbocycles. The third-order valence-electron chi connectivity index (χ3n) is 2.46. The summed E-state index contributed by atoms with van der Waals surface area (Å²) < 4.78 is 15.1. The van der Waals surface area contributed by atoms with Gasteiger partial charge in [0.05, 0.1) is 24.3 Å². The molecule has 0 fully saturated rings. The van der Waals surface area contributed by atoms with Crippen molar-refractivity contribution in [2.75, 3.05) is 26.4 Å². The zero-order valence-corrected chi connectivity index (χ0v) is 11.9. The molecule has 0 N–H and O–H groups in total. The molecule has 0 heterocycles. The fourth-order valence-electron chi connectivity index (χ4n) is 1.44. The molecule has 0 saturated heterocycles. The number of ether oxygens (including phenoxy) is 3. The molecule has 0 aromatic heterocycles. The van der Waals surface area contributed by atoms with Crippen molar-refractivity contribution < 1.29 is 23.8 Å². The Hall–Kier alpha value is -1.88. The lowest BCUT2D eigenvalue weighted by Crippen LogP contribution is -2.11. The Balaban J connectivity index is 2.48. The van der Waals surface area contributed by atoms with Crippen molar-refractivity contribution in [2.24, 2.45) is 0 Å². The molecule has 1 rings (SSSR count). The molecule has 0 amide bonds. The first-order chi connectivity index (χ1) is 9.69. The standard InChI is InChI=1S/C15H20O5/c1-3-9-19-14(16)12-5-7-13(8-6-12)15(17)20-11-10-18-4-2/h5-8H,3-4,9-11H2,1-2H3. The van der Waals surface area contributed by atoms with Gasteiger partial charge in [-0.25, -0.2) is 9.59 Å². The van der Waals surface area contributed by atoms with Crippen molar-refractivity contribution >= 4 is 11.9 Å². The van der Waals surface area contributed by atoms with Crippen molar-refractivity contribution in [1.82, 2.24) is 0 Å². The van der Waals surface area contributed by atoms with E-state index in [1.807, 2.05) is 13.8 Å². The van der Waals surface area contributed by atoms with E-state index in [-0.39, 0.29) is 12.6 Å². The molecule has 5 nitrogen and oxygen atoms in total. The summed E-state index contributed by atoms with van der Waals surface area (Å²) in [5.41, 5.74) is 0.817. The molecule has 0 radical (unpaired) electrons. The van der Waals surface area contributed by atoms with Gasteiger partial charge in [-0.15, -0.1) is 0 Å². The predicted octanol–water partition coefficient (Wildman–Crippen LogP) is 2.45. The van der Waals surface area contributed by atoms with Gasteiger partial charge in [-0.2, -0.15) is 0 Å². The number of carbonyl (C=O) groups is 2. The average Bonchev–Trinajstić information content (AvgIpc) is 2.49. The summed E-state index contributed by atoms with van der Waals surface area (Å²) in [5, 5.41) is 0. The third kappa shape index (κ3) is 5.40. The van der Waals surface area contributed by atoms with E-state index >= 15 is 0 Å². The molecule has 1 aromatic carbocycles. The maximum Gasteiger partial charge on any atom is 0.338 e. The zero-order valence-electron chi connectivity index (χ0n) is 11.9. The van der Waals surface area contributed by atoms with E-state index in [1.54, 1.807) is 24.3 Å². The van der Waals surface area contributed by atoms with Crippen LogP contribution in [0.25, 0.3) is 0 Å². The lowest BCUT2D eigenvalue weighted by atomic mass is 10.1. The molecule has 0 bridgehead atoms. The highest BCUT2D eigenvalue weighted by atomic mass is 16.6. The lowest BCUT2D eigenvalue weighted by molar-refractivity contribution is 0.0334. The van der Waals surface area contributed by atoms with Crippen LogP contribution >= 0.6 is 0 Å². The molecule has 0 aliphatic heterocycles. The van der Waals surface area contributed by atoms with Crippen LogP contribution in [-0.2, 0) is 14.2 Å². The quantitative estimate of drug-likeness (QED) is 0.540. The highest BCUT2D eigenvalue weighted by Crippen LogP contribution is 2.07. The minimum Gasteiger partial charge on any atom is -0.462 e. The number of hydrogen-bond acceptors (Lipinski definition) is 5. The number of hydrogen-bond donors (Lipinski definition) is 0. The van der Waals surface area contributed by atoms with Gasteiger partial charge < -0.3 is 14.2 Å².